The molecule has 1 nitrogen and oxygen atoms in total. The number of aliphatic hydroxyl groups is 1. The number of rotatable bonds is 1. The van der Waals surface area contributed by atoms with Crippen molar-refractivity contribution in [3.63, 3.8) is 0 Å². The van der Waals surface area contributed by atoms with Gasteiger partial charge in [0.2, 0.25) is 0 Å². The fraction of sp³-hybridized carbons (Fsp3) is 1.00. The molecule has 2 aliphatic rings. The standard InChI is InChI=1S/C7H10Br2O/c8-7(9)4-6(7)1-5(2-6)3-10/h5,10H,1-4H2. The molecular formula is C7H10Br2O. The highest BCUT2D eigenvalue weighted by Gasteiger charge is 2.69. The molecule has 2 fully saturated rings. The van der Waals surface area contributed by atoms with Gasteiger partial charge in [-0.25, -0.2) is 0 Å². The van der Waals surface area contributed by atoms with E-state index >= 15 is 0 Å². The first-order valence-electron chi connectivity index (χ1n) is 3.58. The van der Waals surface area contributed by atoms with Crippen LogP contribution < -0.4 is 0 Å². The van der Waals surface area contributed by atoms with E-state index in [1.165, 1.54) is 19.3 Å². The Morgan fingerprint density at radius 1 is 1.40 bits per heavy atom. The summed E-state index contributed by atoms with van der Waals surface area (Å²) in [5, 5.41) is 8.79. The molecule has 0 aliphatic heterocycles. The van der Waals surface area contributed by atoms with Crippen LogP contribution in [-0.2, 0) is 0 Å². The zero-order chi connectivity index (χ0) is 7.41. The van der Waals surface area contributed by atoms with E-state index in [9.17, 15) is 0 Å². The summed E-state index contributed by atoms with van der Waals surface area (Å²) in [5.41, 5.74) is 0.514. The summed E-state index contributed by atoms with van der Waals surface area (Å²) >= 11 is 7.22. The summed E-state index contributed by atoms with van der Waals surface area (Å²) < 4.78 is 0.235. The second-order valence-corrected chi connectivity index (χ2v) is 7.39. The van der Waals surface area contributed by atoms with Gasteiger partial charge in [-0.2, -0.15) is 0 Å². The largest absolute Gasteiger partial charge is 0.396 e. The maximum absolute atomic E-state index is 8.79. The van der Waals surface area contributed by atoms with Crippen molar-refractivity contribution in [2.45, 2.75) is 22.5 Å². The maximum atomic E-state index is 8.79. The van der Waals surface area contributed by atoms with Gasteiger partial charge < -0.3 is 5.11 Å². The van der Waals surface area contributed by atoms with E-state index in [-0.39, 0.29) is 3.23 Å². The Kier molecular flexibility index (Phi) is 1.50. The summed E-state index contributed by atoms with van der Waals surface area (Å²) in [5.74, 6) is 0.581. The van der Waals surface area contributed by atoms with Gasteiger partial charge in [0.05, 0.1) is 3.23 Å². The van der Waals surface area contributed by atoms with Gasteiger partial charge in [-0.15, -0.1) is 0 Å². The van der Waals surface area contributed by atoms with Crippen LogP contribution in [0.5, 0.6) is 0 Å². The molecule has 0 aromatic rings. The van der Waals surface area contributed by atoms with E-state index in [1.54, 1.807) is 0 Å². The molecule has 0 heterocycles. The predicted molar refractivity (Wildman–Crippen MR) is 47.4 cm³/mol. The molecule has 2 rings (SSSR count). The van der Waals surface area contributed by atoms with Crippen molar-refractivity contribution in [1.29, 1.82) is 0 Å². The first kappa shape index (κ1) is 7.56. The normalized spacial score (nSPS) is 48.9. The first-order valence-corrected chi connectivity index (χ1v) is 5.17. The third-order valence-electron chi connectivity index (χ3n) is 2.83. The lowest BCUT2D eigenvalue weighted by molar-refractivity contribution is 0.0921. The number of alkyl halides is 2. The minimum absolute atomic E-state index is 0.235. The van der Waals surface area contributed by atoms with E-state index < -0.39 is 0 Å². The highest BCUT2D eigenvalue weighted by Crippen LogP contribution is 2.76. The van der Waals surface area contributed by atoms with Crippen molar-refractivity contribution in [3.05, 3.63) is 0 Å². The van der Waals surface area contributed by atoms with Gasteiger partial charge in [0.25, 0.3) is 0 Å². The summed E-state index contributed by atoms with van der Waals surface area (Å²) in [7, 11) is 0. The molecule has 0 atom stereocenters. The molecule has 3 heteroatoms. The predicted octanol–water partition coefficient (Wildman–Crippen LogP) is 2.26. The molecule has 0 amide bonds. The summed E-state index contributed by atoms with van der Waals surface area (Å²) in [4.78, 5) is 0. The number of halogens is 2. The van der Waals surface area contributed by atoms with Gasteiger partial charge in [0, 0.05) is 6.61 Å². The molecule has 1 spiro atoms. The highest BCUT2D eigenvalue weighted by molar-refractivity contribution is 9.25. The second-order valence-electron chi connectivity index (χ2n) is 3.62. The minimum atomic E-state index is 0.235. The van der Waals surface area contributed by atoms with E-state index in [0.29, 0.717) is 17.9 Å². The summed E-state index contributed by atoms with van der Waals surface area (Å²) in [6.45, 7) is 0.373. The molecule has 0 unspecified atom stereocenters. The Bertz CT molecular complexity index is 161. The molecule has 58 valence electrons. The van der Waals surface area contributed by atoms with Gasteiger partial charge in [-0.1, -0.05) is 31.9 Å². The summed E-state index contributed by atoms with van der Waals surface area (Å²) in [6, 6.07) is 0. The van der Waals surface area contributed by atoms with E-state index in [0.717, 1.165) is 0 Å². The van der Waals surface area contributed by atoms with Crippen LogP contribution in [-0.4, -0.2) is 14.9 Å². The molecule has 2 aliphatic carbocycles. The number of aliphatic hydroxyl groups excluding tert-OH is 1. The topological polar surface area (TPSA) is 20.2 Å². The zero-order valence-electron chi connectivity index (χ0n) is 5.61. The van der Waals surface area contributed by atoms with Crippen LogP contribution >= 0.6 is 31.9 Å². The van der Waals surface area contributed by atoms with Gasteiger partial charge in [0.1, 0.15) is 0 Å². The molecule has 10 heavy (non-hydrogen) atoms. The lowest BCUT2D eigenvalue weighted by Crippen LogP contribution is -2.31. The van der Waals surface area contributed by atoms with Crippen LogP contribution in [0.25, 0.3) is 0 Å². The van der Waals surface area contributed by atoms with Gasteiger partial charge >= 0.3 is 0 Å². The van der Waals surface area contributed by atoms with E-state index in [2.05, 4.69) is 31.9 Å². The molecule has 0 radical (unpaired) electrons. The fourth-order valence-corrected chi connectivity index (χ4v) is 3.72. The third kappa shape index (κ3) is 0.833. The van der Waals surface area contributed by atoms with Crippen molar-refractivity contribution in [1.82, 2.24) is 0 Å². The maximum Gasteiger partial charge on any atom is 0.0868 e. The average molecular weight is 270 g/mol. The molecule has 0 aromatic heterocycles. The number of hydrogen-bond acceptors (Lipinski definition) is 1. The minimum Gasteiger partial charge on any atom is -0.396 e. The van der Waals surface area contributed by atoms with Gasteiger partial charge in [-0.3, -0.25) is 0 Å². The molecule has 0 aromatic carbocycles. The van der Waals surface area contributed by atoms with Crippen molar-refractivity contribution in [2.24, 2.45) is 11.3 Å². The molecule has 2 saturated carbocycles. The Labute approximate surface area is 77.4 Å². The molecular weight excluding hydrogens is 260 g/mol. The Morgan fingerprint density at radius 3 is 2.20 bits per heavy atom. The second kappa shape index (κ2) is 1.99. The number of hydrogen-bond donors (Lipinski definition) is 1. The Balaban J connectivity index is 1.92. The van der Waals surface area contributed by atoms with Crippen LogP contribution in [0.2, 0.25) is 0 Å². The molecule has 1 N–H and O–H groups in total. The Hall–Kier alpha value is 0.920. The van der Waals surface area contributed by atoms with Crippen LogP contribution in [0.3, 0.4) is 0 Å². The van der Waals surface area contributed by atoms with Crippen LogP contribution in [0.15, 0.2) is 0 Å². The monoisotopic (exact) mass is 268 g/mol. The lowest BCUT2D eigenvalue weighted by atomic mass is 9.72. The lowest BCUT2D eigenvalue weighted by Gasteiger charge is -2.36. The smallest absolute Gasteiger partial charge is 0.0868 e. The first-order chi connectivity index (χ1) is 4.60. The quantitative estimate of drug-likeness (QED) is 0.724. The summed E-state index contributed by atoms with van der Waals surface area (Å²) in [6.07, 6.45) is 3.62. The fourth-order valence-electron chi connectivity index (χ4n) is 2.00. The Morgan fingerprint density at radius 2 is 1.90 bits per heavy atom. The van der Waals surface area contributed by atoms with E-state index in [1.807, 2.05) is 0 Å². The van der Waals surface area contributed by atoms with Gasteiger partial charge in [-0.05, 0) is 30.6 Å². The van der Waals surface area contributed by atoms with Crippen molar-refractivity contribution in [2.75, 3.05) is 6.61 Å². The molecule has 0 bridgehead atoms. The SMILES string of the molecule is OCC1CC2(C1)CC2(Br)Br. The van der Waals surface area contributed by atoms with Crippen LogP contribution in [0, 0.1) is 11.3 Å². The van der Waals surface area contributed by atoms with E-state index in [4.69, 9.17) is 5.11 Å². The van der Waals surface area contributed by atoms with Crippen LogP contribution in [0.4, 0.5) is 0 Å². The third-order valence-corrected chi connectivity index (χ3v) is 5.07. The zero-order valence-corrected chi connectivity index (χ0v) is 8.78. The van der Waals surface area contributed by atoms with Crippen molar-refractivity contribution >= 4 is 31.9 Å². The molecule has 0 saturated heterocycles. The van der Waals surface area contributed by atoms with Crippen LogP contribution in [0.1, 0.15) is 19.3 Å². The van der Waals surface area contributed by atoms with Crippen molar-refractivity contribution < 1.29 is 5.11 Å². The average Bonchev–Trinajstić information content (AvgIpc) is 2.30. The highest BCUT2D eigenvalue weighted by atomic mass is 79.9. The van der Waals surface area contributed by atoms with Gasteiger partial charge in [0.15, 0.2) is 0 Å². The van der Waals surface area contributed by atoms with Crippen molar-refractivity contribution in [3.8, 4) is 0 Å².